The van der Waals surface area contributed by atoms with E-state index in [2.05, 4.69) is 6.07 Å². The van der Waals surface area contributed by atoms with E-state index < -0.39 is 5.92 Å². The van der Waals surface area contributed by atoms with Crippen molar-refractivity contribution in [3.8, 4) is 6.07 Å². The number of nitrogens with zero attached hydrogens (tertiary/aromatic N) is 1. The van der Waals surface area contributed by atoms with Gasteiger partial charge in [0.25, 0.3) is 0 Å². The standard InChI is InChI=1S/C17H15NO/c1-12-6-5-8-14(10-12)17(19)16(11-18)15-9-4-3-7-13(15)2/h3-10,16H,1-2H3. The highest BCUT2D eigenvalue weighted by Gasteiger charge is 2.22. The normalized spacial score (nSPS) is 11.6. The number of carbonyl (C=O) groups is 1. The van der Waals surface area contributed by atoms with Gasteiger partial charge in [-0.15, -0.1) is 0 Å². The maximum absolute atomic E-state index is 12.5. The molecule has 0 heterocycles. The Balaban J connectivity index is 2.42. The fraction of sp³-hybridized carbons (Fsp3) is 0.176. The highest BCUT2D eigenvalue weighted by atomic mass is 16.1. The summed E-state index contributed by atoms with van der Waals surface area (Å²) in [6.45, 7) is 3.86. The lowest BCUT2D eigenvalue weighted by Gasteiger charge is -2.11. The summed E-state index contributed by atoms with van der Waals surface area (Å²) in [7, 11) is 0. The van der Waals surface area contributed by atoms with Gasteiger partial charge in [-0.05, 0) is 31.0 Å². The van der Waals surface area contributed by atoms with Gasteiger partial charge in [-0.2, -0.15) is 5.26 Å². The maximum Gasteiger partial charge on any atom is 0.184 e. The molecule has 0 spiro atoms. The van der Waals surface area contributed by atoms with Gasteiger partial charge < -0.3 is 0 Å². The largest absolute Gasteiger partial charge is 0.292 e. The molecule has 0 aliphatic carbocycles. The molecule has 19 heavy (non-hydrogen) atoms. The second kappa shape index (κ2) is 5.49. The Bertz CT molecular complexity index is 652. The number of ketones is 1. The third kappa shape index (κ3) is 2.71. The fourth-order valence-electron chi connectivity index (χ4n) is 2.15. The third-order valence-electron chi connectivity index (χ3n) is 3.19. The first kappa shape index (κ1) is 13.0. The summed E-state index contributed by atoms with van der Waals surface area (Å²) >= 11 is 0. The molecule has 0 saturated heterocycles. The van der Waals surface area contributed by atoms with Crippen LogP contribution in [0.2, 0.25) is 0 Å². The molecule has 1 unspecified atom stereocenters. The molecule has 2 aromatic rings. The second-order valence-corrected chi connectivity index (χ2v) is 4.65. The molecule has 0 N–H and O–H groups in total. The molecule has 0 radical (unpaired) electrons. The minimum atomic E-state index is -0.733. The van der Waals surface area contributed by atoms with Gasteiger partial charge in [0.05, 0.1) is 6.07 Å². The van der Waals surface area contributed by atoms with Crippen LogP contribution in [-0.2, 0) is 0 Å². The van der Waals surface area contributed by atoms with Crippen LogP contribution in [0.1, 0.15) is 33.0 Å². The van der Waals surface area contributed by atoms with Gasteiger partial charge in [0.1, 0.15) is 5.92 Å². The molecule has 2 heteroatoms. The van der Waals surface area contributed by atoms with Gasteiger partial charge in [-0.25, -0.2) is 0 Å². The lowest BCUT2D eigenvalue weighted by Crippen LogP contribution is -2.12. The molecule has 1 atom stereocenters. The van der Waals surface area contributed by atoms with Crippen LogP contribution in [0.5, 0.6) is 0 Å². The topological polar surface area (TPSA) is 40.9 Å². The van der Waals surface area contributed by atoms with E-state index in [0.717, 1.165) is 16.7 Å². The maximum atomic E-state index is 12.5. The Morgan fingerprint density at radius 2 is 1.84 bits per heavy atom. The van der Waals surface area contributed by atoms with Crippen molar-refractivity contribution in [1.29, 1.82) is 5.26 Å². The molecule has 0 saturated carbocycles. The fourth-order valence-corrected chi connectivity index (χ4v) is 2.15. The Morgan fingerprint density at radius 1 is 1.11 bits per heavy atom. The average molecular weight is 249 g/mol. The van der Waals surface area contributed by atoms with Crippen LogP contribution in [-0.4, -0.2) is 5.78 Å². The monoisotopic (exact) mass is 249 g/mol. The summed E-state index contributed by atoms with van der Waals surface area (Å²) in [6, 6.07) is 17.0. The van der Waals surface area contributed by atoms with Crippen LogP contribution in [0, 0.1) is 25.2 Å². The van der Waals surface area contributed by atoms with Crippen LogP contribution >= 0.6 is 0 Å². The molecule has 0 aromatic heterocycles. The number of benzene rings is 2. The molecule has 0 bridgehead atoms. The SMILES string of the molecule is Cc1cccc(C(=O)C(C#N)c2ccccc2C)c1. The number of hydrogen-bond donors (Lipinski definition) is 0. The van der Waals surface area contributed by atoms with Crippen molar-refractivity contribution < 1.29 is 4.79 Å². The summed E-state index contributed by atoms with van der Waals surface area (Å²) in [5, 5.41) is 9.33. The lowest BCUT2D eigenvalue weighted by molar-refractivity contribution is 0.0978. The number of Topliss-reactive ketones (excluding diaryl/α,β-unsaturated/α-hetero) is 1. The van der Waals surface area contributed by atoms with E-state index in [9.17, 15) is 10.1 Å². The molecule has 0 aliphatic heterocycles. The van der Waals surface area contributed by atoms with Crippen LogP contribution in [0.4, 0.5) is 0 Å². The Morgan fingerprint density at radius 3 is 2.47 bits per heavy atom. The van der Waals surface area contributed by atoms with Crippen LogP contribution < -0.4 is 0 Å². The average Bonchev–Trinajstić information content (AvgIpc) is 2.41. The number of carbonyl (C=O) groups excluding carboxylic acids is 1. The van der Waals surface area contributed by atoms with E-state index >= 15 is 0 Å². The Hall–Kier alpha value is -2.40. The van der Waals surface area contributed by atoms with Gasteiger partial charge in [0, 0.05) is 5.56 Å². The summed E-state index contributed by atoms with van der Waals surface area (Å²) in [6.07, 6.45) is 0. The molecular formula is C17H15NO. The summed E-state index contributed by atoms with van der Waals surface area (Å²) in [5.74, 6) is -0.872. The van der Waals surface area contributed by atoms with Gasteiger partial charge in [-0.3, -0.25) is 4.79 Å². The highest BCUT2D eigenvalue weighted by molar-refractivity contribution is 6.03. The zero-order valence-corrected chi connectivity index (χ0v) is 11.1. The highest BCUT2D eigenvalue weighted by Crippen LogP contribution is 2.23. The van der Waals surface area contributed by atoms with Crippen molar-refractivity contribution in [2.24, 2.45) is 0 Å². The number of nitriles is 1. The smallest absolute Gasteiger partial charge is 0.184 e. The van der Waals surface area contributed by atoms with Crippen LogP contribution in [0.25, 0.3) is 0 Å². The Kier molecular flexibility index (Phi) is 3.77. The molecule has 0 amide bonds. The van der Waals surface area contributed by atoms with Crippen LogP contribution in [0.3, 0.4) is 0 Å². The first-order chi connectivity index (χ1) is 9.13. The van der Waals surface area contributed by atoms with Crippen molar-refractivity contribution >= 4 is 5.78 Å². The summed E-state index contributed by atoms with van der Waals surface area (Å²) in [4.78, 5) is 12.5. The molecule has 2 nitrogen and oxygen atoms in total. The van der Waals surface area contributed by atoms with E-state index in [4.69, 9.17) is 0 Å². The van der Waals surface area contributed by atoms with Crippen molar-refractivity contribution in [2.45, 2.75) is 19.8 Å². The zero-order chi connectivity index (χ0) is 13.8. The van der Waals surface area contributed by atoms with Crippen molar-refractivity contribution in [3.05, 3.63) is 70.8 Å². The quantitative estimate of drug-likeness (QED) is 0.776. The molecule has 2 aromatic carbocycles. The third-order valence-corrected chi connectivity index (χ3v) is 3.19. The van der Waals surface area contributed by atoms with Crippen LogP contribution in [0.15, 0.2) is 48.5 Å². The minimum absolute atomic E-state index is 0.138. The van der Waals surface area contributed by atoms with Gasteiger partial charge in [0.15, 0.2) is 5.78 Å². The second-order valence-electron chi connectivity index (χ2n) is 4.65. The van der Waals surface area contributed by atoms with E-state index in [1.165, 1.54) is 0 Å². The van der Waals surface area contributed by atoms with E-state index in [1.54, 1.807) is 6.07 Å². The molecule has 2 rings (SSSR count). The number of hydrogen-bond acceptors (Lipinski definition) is 2. The van der Waals surface area contributed by atoms with Gasteiger partial charge >= 0.3 is 0 Å². The molecule has 0 fully saturated rings. The molecule has 0 aliphatic rings. The number of aryl methyl sites for hydroxylation is 2. The van der Waals surface area contributed by atoms with Crippen molar-refractivity contribution in [3.63, 3.8) is 0 Å². The van der Waals surface area contributed by atoms with E-state index in [-0.39, 0.29) is 5.78 Å². The lowest BCUT2D eigenvalue weighted by atomic mass is 9.89. The summed E-state index contributed by atoms with van der Waals surface area (Å²) in [5.41, 5.74) is 3.37. The Labute approximate surface area is 113 Å². The number of rotatable bonds is 3. The summed E-state index contributed by atoms with van der Waals surface area (Å²) < 4.78 is 0. The zero-order valence-electron chi connectivity index (χ0n) is 11.1. The predicted molar refractivity (Wildman–Crippen MR) is 75.0 cm³/mol. The van der Waals surface area contributed by atoms with Gasteiger partial charge in [-0.1, -0.05) is 48.0 Å². The molecule has 94 valence electrons. The van der Waals surface area contributed by atoms with E-state index in [0.29, 0.717) is 5.56 Å². The van der Waals surface area contributed by atoms with Crippen molar-refractivity contribution in [2.75, 3.05) is 0 Å². The predicted octanol–water partition coefficient (Wildman–Crippen LogP) is 3.79. The first-order valence-corrected chi connectivity index (χ1v) is 6.19. The minimum Gasteiger partial charge on any atom is -0.292 e. The van der Waals surface area contributed by atoms with Gasteiger partial charge in [0.2, 0.25) is 0 Å². The first-order valence-electron chi connectivity index (χ1n) is 6.19. The van der Waals surface area contributed by atoms with Crippen molar-refractivity contribution in [1.82, 2.24) is 0 Å². The van der Waals surface area contributed by atoms with E-state index in [1.807, 2.05) is 56.3 Å². The molecular weight excluding hydrogens is 234 g/mol.